The number of carbonyl (C=O) groups is 2. The first-order valence-electron chi connectivity index (χ1n) is 12.2. The molecule has 2 aromatic carbocycles. The van der Waals surface area contributed by atoms with E-state index in [-0.39, 0.29) is 29.8 Å². The van der Waals surface area contributed by atoms with Crippen molar-refractivity contribution in [3.63, 3.8) is 0 Å². The van der Waals surface area contributed by atoms with Gasteiger partial charge >= 0.3 is 0 Å². The summed E-state index contributed by atoms with van der Waals surface area (Å²) >= 11 is 0. The van der Waals surface area contributed by atoms with Crippen LogP contribution in [0.25, 0.3) is 0 Å². The molecule has 1 heterocycles. The molecule has 4 rings (SSSR count). The molecule has 0 aromatic heterocycles. The van der Waals surface area contributed by atoms with Crippen LogP contribution in [0.4, 0.5) is 0 Å². The van der Waals surface area contributed by atoms with Crippen molar-refractivity contribution in [1.29, 1.82) is 0 Å². The molecule has 0 unspecified atom stereocenters. The van der Waals surface area contributed by atoms with E-state index in [4.69, 9.17) is 0 Å². The minimum absolute atomic E-state index is 0.102. The van der Waals surface area contributed by atoms with Gasteiger partial charge in [0.25, 0.3) is 0 Å². The Bertz CT molecular complexity index is 1180. The maximum Gasteiger partial charge on any atom is 0.247 e. The van der Waals surface area contributed by atoms with Crippen LogP contribution in [0, 0.1) is 0 Å². The predicted molar refractivity (Wildman–Crippen MR) is 135 cm³/mol. The first-order chi connectivity index (χ1) is 16.8. The van der Waals surface area contributed by atoms with E-state index in [0.29, 0.717) is 19.5 Å². The molecule has 7 nitrogen and oxygen atoms in total. The van der Waals surface area contributed by atoms with Crippen molar-refractivity contribution in [2.24, 2.45) is 0 Å². The summed E-state index contributed by atoms with van der Waals surface area (Å²) < 4.78 is 27.8. The van der Waals surface area contributed by atoms with Gasteiger partial charge in [0.15, 0.2) is 0 Å². The van der Waals surface area contributed by atoms with E-state index in [1.807, 2.05) is 30.3 Å². The van der Waals surface area contributed by atoms with Crippen LogP contribution >= 0.6 is 0 Å². The zero-order valence-electron chi connectivity index (χ0n) is 20.2. The van der Waals surface area contributed by atoms with Crippen molar-refractivity contribution >= 4 is 21.8 Å². The summed E-state index contributed by atoms with van der Waals surface area (Å²) in [6.07, 6.45) is 7.29. The van der Waals surface area contributed by atoms with Gasteiger partial charge in [-0.3, -0.25) is 9.59 Å². The van der Waals surface area contributed by atoms with Crippen molar-refractivity contribution in [3.8, 4) is 0 Å². The molecule has 1 saturated heterocycles. The molecule has 1 fully saturated rings. The average molecular weight is 496 g/mol. The first-order valence-corrected chi connectivity index (χ1v) is 13.6. The molecule has 35 heavy (non-hydrogen) atoms. The van der Waals surface area contributed by atoms with Gasteiger partial charge in [-0.25, -0.2) is 8.42 Å². The quantitative estimate of drug-likeness (QED) is 0.568. The maximum absolute atomic E-state index is 13.6. The molecule has 1 atom stereocenters. The standard InChI is InChI=1S/C27H33N3O4S/c1-27(26(32)28-19-23-13-7-3-8-14-23)21-29(35(33,34)24-15-9-4-10-16-24)20-25(31)30(27)18-17-22-11-5-2-6-12-22/h3-4,7-11,13-16H,2,5-6,12,17-21H2,1H3,(H,28,32)/t27-/m1/s1. The Morgan fingerprint density at radius 2 is 1.71 bits per heavy atom. The summed E-state index contributed by atoms with van der Waals surface area (Å²) in [6.45, 7) is 1.98. The Balaban J connectivity index is 1.59. The fraction of sp³-hybridized carbons (Fsp3) is 0.407. The third-order valence-corrected chi connectivity index (χ3v) is 8.71. The summed E-state index contributed by atoms with van der Waals surface area (Å²) in [5.41, 5.74) is 0.899. The SMILES string of the molecule is C[C@]1(C(=O)NCc2ccccc2)CN(S(=O)(=O)c2ccccc2)CC(=O)N1CCC1=CCCCC1. The van der Waals surface area contributed by atoms with Gasteiger partial charge in [0.1, 0.15) is 5.54 Å². The number of hydrogen-bond acceptors (Lipinski definition) is 4. The maximum atomic E-state index is 13.6. The van der Waals surface area contributed by atoms with Gasteiger partial charge in [0.05, 0.1) is 11.4 Å². The lowest BCUT2D eigenvalue weighted by atomic mass is 9.92. The highest BCUT2D eigenvalue weighted by atomic mass is 32.2. The Hall–Kier alpha value is -2.97. The fourth-order valence-corrected chi connectivity index (χ4v) is 6.33. The minimum atomic E-state index is -3.93. The van der Waals surface area contributed by atoms with Crippen LogP contribution in [-0.4, -0.2) is 54.6 Å². The highest BCUT2D eigenvalue weighted by Crippen LogP contribution is 2.29. The number of sulfonamides is 1. The topological polar surface area (TPSA) is 86.8 Å². The lowest BCUT2D eigenvalue weighted by Crippen LogP contribution is -2.69. The highest BCUT2D eigenvalue weighted by Gasteiger charge is 2.50. The lowest BCUT2D eigenvalue weighted by molar-refractivity contribution is -0.152. The van der Waals surface area contributed by atoms with Crippen molar-refractivity contribution < 1.29 is 18.0 Å². The molecule has 8 heteroatoms. The molecule has 1 aliphatic carbocycles. The van der Waals surface area contributed by atoms with Gasteiger partial charge < -0.3 is 10.2 Å². The molecule has 0 bridgehead atoms. The molecular formula is C27H33N3O4S. The largest absolute Gasteiger partial charge is 0.350 e. The van der Waals surface area contributed by atoms with Gasteiger partial charge in [-0.05, 0) is 56.7 Å². The first kappa shape index (κ1) is 25.1. The van der Waals surface area contributed by atoms with Crippen LogP contribution in [0.2, 0.25) is 0 Å². The van der Waals surface area contributed by atoms with Crippen molar-refractivity contribution in [2.45, 2.75) is 56.0 Å². The van der Waals surface area contributed by atoms with E-state index in [9.17, 15) is 18.0 Å². The second-order valence-corrected chi connectivity index (χ2v) is 11.4. The summed E-state index contributed by atoms with van der Waals surface area (Å²) in [5.74, 6) is -0.718. The zero-order valence-corrected chi connectivity index (χ0v) is 21.0. The van der Waals surface area contributed by atoms with Crippen LogP contribution in [0.3, 0.4) is 0 Å². The molecule has 1 N–H and O–H groups in total. The molecule has 2 amide bonds. The lowest BCUT2D eigenvalue weighted by Gasteiger charge is -2.47. The van der Waals surface area contributed by atoms with Crippen LogP contribution in [0.1, 0.15) is 44.6 Å². The molecular weight excluding hydrogens is 462 g/mol. The molecule has 0 radical (unpaired) electrons. The molecule has 0 saturated carbocycles. The van der Waals surface area contributed by atoms with Crippen LogP contribution in [0.5, 0.6) is 0 Å². The molecule has 186 valence electrons. The number of nitrogens with zero attached hydrogens (tertiary/aromatic N) is 2. The number of benzene rings is 2. The van der Waals surface area contributed by atoms with Crippen molar-refractivity contribution in [3.05, 3.63) is 77.9 Å². The normalized spacial score (nSPS) is 21.5. The summed E-state index contributed by atoms with van der Waals surface area (Å²) in [6, 6.07) is 17.6. The van der Waals surface area contributed by atoms with Gasteiger partial charge in [0.2, 0.25) is 21.8 Å². The second-order valence-electron chi connectivity index (χ2n) is 9.43. The van der Waals surface area contributed by atoms with Crippen LogP contribution < -0.4 is 5.32 Å². The summed E-state index contributed by atoms with van der Waals surface area (Å²) in [4.78, 5) is 28.6. The smallest absolute Gasteiger partial charge is 0.247 e. The van der Waals surface area contributed by atoms with Crippen molar-refractivity contribution in [1.82, 2.24) is 14.5 Å². The summed E-state index contributed by atoms with van der Waals surface area (Å²) in [7, 11) is -3.93. The van der Waals surface area contributed by atoms with Crippen LogP contribution in [-0.2, 0) is 26.2 Å². The zero-order chi connectivity index (χ0) is 24.9. The summed E-state index contributed by atoms with van der Waals surface area (Å²) in [5, 5.41) is 2.94. The molecule has 1 aliphatic heterocycles. The van der Waals surface area contributed by atoms with Crippen molar-refractivity contribution in [2.75, 3.05) is 19.6 Å². The number of rotatable bonds is 8. The van der Waals surface area contributed by atoms with E-state index in [1.54, 1.807) is 30.0 Å². The fourth-order valence-electron chi connectivity index (χ4n) is 4.83. The Morgan fingerprint density at radius 3 is 2.37 bits per heavy atom. The molecule has 2 aliphatic rings. The van der Waals surface area contributed by atoms with Gasteiger partial charge in [0, 0.05) is 19.6 Å². The minimum Gasteiger partial charge on any atom is -0.350 e. The molecule has 2 aromatic rings. The van der Waals surface area contributed by atoms with Gasteiger partial charge in [-0.2, -0.15) is 4.31 Å². The third kappa shape index (κ3) is 5.65. The van der Waals surface area contributed by atoms with E-state index < -0.39 is 15.6 Å². The number of allylic oxidation sites excluding steroid dienone is 1. The number of piperazine rings is 1. The third-order valence-electron chi connectivity index (χ3n) is 6.90. The van der Waals surface area contributed by atoms with E-state index in [0.717, 1.165) is 29.1 Å². The van der Waals surface area contributed by atoms with E-state index in [2.05, 4.69) is 11.4 Å². The predicted octanol–water partition coefficient (Wildman–Crippen LogP) is 3.49. The monoisotopic (exact) mass is 495 g/mol. The van der Waals surface area contributed by atoms with Crippen LogP contribution in [0.15, 0.2) is 77.2 Å². The highest BCUT2D eigenvalue weighted by molar-refractivity contribution is 7.89. The number of carbonyl (C=O) groups excluding carboxylic acids is 2. The van der Waals surface area contributed by atoms with E-state index >= 15 is 0 Å². The molecule has 0 spiro atoms. The number of amides is 2. The van der Waals surface area contributed by atoms with Gasteiger partial charge in [-0.1, -0.05) is 60.2 Å². The Kier molecular flexibility index (Phi) is 7.72. The van der Waals surface area contributed by atoms with E-state index in [1.165, 1.54) is 24.1 Å². The second kappa shape index (κ2) is 10.7. The number of hydrogen-bond donors (Lipinski definition) is 1. The Labute approximate surface area is 207 Å². The Morgan fingerprint density at radius 1 is 1.03 bits per heavy atom. The van der Waals surface area contributed by atoms with Gasteiger partial charge in [-0.15, -0.1) is 0 Å². The average Bonchev–Trinajstić information content (AvgIpc) is 2.88. The number of nitrogens with one attached hydrogen (secondary N) is 1.